The van der Waals surface area contributed by atoms with E-state index in [-0.39, 0.29) is 0 Å². The van der Waals surface area contributed by atoms with Gasteiger partial charge < -0.3 is 10.3 Å². The van der Waals surface area contributed by atoms with Crippen LogP contribution in [0, 0.1) is 0 Å². The maximum atomic E-state index is 12.8. The topological polar surface area (TPSA) is 31.1 Å². The summed E-state index contributed by atoms with van der Waals surface area (Å²) in [5.41, 5.74) is 2.30. The fraction of sp³-hybridized carbons (Fsp3) is 0.300. The average Bonchev–Trinajstić information content (AvgIpc) is 3.23. The molecular formula is C20H20F3N3. The van der Waals surface area contributed by atoms with Crippen LogP contribution < -0.4 is 5.32 Å². The minimum absolute atomic E-state index is 0.303. The van der Waals surface area contributed by atoms with Crippen molar-refractivity contribution in [3.8, 4) is 0 Å². The van der Waals surface area contributed by atoms with Crippen LogP contribution in [0.5, 0.6) is 0 Å². The molecule has 0 aliphatic carbocycles. The van der Waals surface area contributed by atoms with Crippen molar-refractivity contribution in [3.05, 3.63) is 65.9 Å². The van der Waals surface area contributed by atoms with Crippen molar-refractivity contribution in [2.24, 2.45) is 0 Å². The summed E-state index contributed by atoms with van der Waals surface area (Å²) < 4.78 is 38.5. The Hall–Kier alpha value is -2.47. The molecule has 1 atom stereocenters. The number of fused-ring (bicyclic) bond motifs is 1. The van der Waals surface area contributed by atoms with Gasteiger partial charge in [0.25, 0.3) is 0 Å². The fourth-order valence-electron chi connectivity index (χ4n) is 3.58. The minimum Gasteiger partial charge on any atom is -0.381 e. The Morgan fingerprint density at radius 1 is 1.12 bits per heavy atom. The van der Waals surface area contributed by atoms with Gasteiger partial charge in [-0.05, 0) is 42.3 Å². The molecule has 1 aromatic heterocycles. The number of hydrogen-bond acceptors (Lipinski definition) is 2. The minimum atomic E-state index is -4.29. The van der Waals surface area contributed by atoms with E-state index in [9.17, 15) is 13.2 Å². The zero-order valence-corrected chi connectivity index (χ0v) is 14.2. The summed E-state index contributed by atoms with van der Waals surface area (Å²) in [5.74, 6) is 0. The number of nitrogens with one attached hydrogen (secondary N) is 2. The molecule has 1 fully saturated rings. The second-order valence-electron chi connectivity index (χ2n) is 6.84. The molecular weight excluding hydrogens is 339 g/mol. The number of rotatable bonds is 4. The van der Waals surface area contributed by atoms with Gasteiger partial charge in [0.05, 0.1) is 5.56 Å². The predicted octanol–water partition coefficient (Wildman–Crippen LogP) is 4.87. The number of benzene rings is 2. The maximum absolute atomic E-state index is 12.8. The first kappa shape index (κ1) is 17.0. The number of anilines is 1. The van der Waals surface area contributed by atoms with Crippen molar-refractivity contribution in [2.45, 2.75) is 25.2 Å². The molecule has 0 amide bonds. The highest BCUT2D eigenvalue weighted by molar-refractivity contribution is 5.83. The Kier molecular flexibility index (Phi) is 4.36. The van der Waals surface area contributed by atoms with E-state index in [1.165, 1.54) is 12.1 Å². The Labute approximate surface area is 149 Å². The summed E-state index contributed by atoms with van der Waals surface area (Å²) in [4.78, 5) is 5.37. The molecule has 0 spiro atoms. The summed E-state index contributed by atoms with van der Waals surface area (Å²) in [6, 6.07) is 14.2. The van der Waals surface area contributed by atoms with Crippen LogP contribution >= 0.6 is 0 Å². The molecule has 3 nitrogen and oxygen atoms in total. The highest BCUT2D eigenvalue weighted by atomic mass is 19.4. The van der Waals surface area contributed by atoms with Gasteiger partial charge in [0.2, 0.25) is 0 Å². The number of aromatic nitrogens is 1. The highest BCUT2D eigenvalue weighted by Gasteiger charge is 2.30. The molecule has 1 aliphatic heterocycles. The van der Waals surface area contributed by atoms with E-state index in [0.29, 0.717) is 18.2 Å². The number of hydrogen-bond donors (Lipinski definition) is 2. The lowest BCUT2D eigenvalue weighted by molar-refractivity contribution is -0.137. The van der Waals surface area contributed by atoms with Crippen LogP contribution in [0.1, 0.15) is 17.5 Å². The van der Waals surface area contributed by atoms with Gasteiger partial charge in [-0.1, -0.05) is 18.2 Å². The van der Waals surface area contributed by atoms with Crippen molar-refractivity contribution in [1.82, 2.24) is 9.88 Å². The van der Waals surface area contributed by atoms with Crippen LogP contribution in [-0.2, 0) is 12.7 Å². The zero-order valence-electron chi connectivity index (χ0n) is 14.2. The molecule has 136 valence electrons. The molecule has 6 heteroatoms. The van der Waals surface area contributed by atoms with Crippen molar-refractivity contribution in [2.75, 3.05) is 18.4 Å². The second kappa shape index (κ2) is 6.68. The number of aromatic amines is 1. The van der Waals surface area contributed by atoms with Gasteiger partial charge in [-0.3, -0.25) is 4.90 Å². The van der Waals surface area contributed by atoms with Gasteiger partial charge in [0, 0.05) is 48.5 Å². The fourth-order valence-corrected chi connectivity index (χ4v) is 3.58. The maximum Gasteiger partial charge on any atom is 0.416 e. The lowest BCUT2D eigenvalue weighted by Crippen LogP contribution is -2.26. The van der Waals surface area contributed by atoms with Crippen LogP contribution in [-0.4, -0.2) is 29.0 Å². The first-order valence-corrected chi connectivity index (χ1v) is 8.69. The molecule has 0 radical (unpaired) electrons. The van der Waals surface area contributed by atoms with Gasteiger partial charge >= 0.3 is 6.18 Å². The molecule has 2 N–H and O–H groups in total. The summed E-state index contributed by atoms with van der Waals surface area (Å²) in [6.45, 7) is 2.24. The lowest BCUT2D eigenvalue weighted by Gasteiger charge is -2.18. The number of halogens is 3. The molecule has 4 rings (SSSR count). The Morgan fingerprint density at radius 3 is 2.85 bits per heavy atom. The monoisotopic (exact) mass is 359 g/mol. The Balaban J connectivity index is 1.38. The van der Waals surface area contributed by atoms with E-state index in [4.69, 9.17) is 0 Å². The van der Waals surface area contributed by atoms with E-state index in [1.807, 2.05) is 24.4 Å². The molecule has 0 bridgehead atoms. The normalized spacial score (nSPS) is 18.5. The van der Waals surface area contributed by atoms with Gasteiger partial charge in [-0.15, -0.1) is 0 Å². The van der Waals surface area contributed by atoms with Gasteiger partial charge in [-0.2, -0.15) is 13.2 Å². The zero-order chi connectivity index (χ0) is 18.1. The van der Waals surface area contributed by atoms with Crippen molar-refractivity contribution >= 4 is 16.6 Å². The SMILES string of the molecule is FC(F)(F)c1cccc(CN2CC[C@@H](Nc3ccc4[nH]ccc4c3)C2)c1. The van der Waals surface area contributed by atoms with E-state index in [0.717, 1.165) is 42.2 Å². The van der Waals surface area contributed by atoms with Crippen molar-refractivity contribution in [1.29, 1.82) is 0 Å². The summed E-state index contributed by atoms with van der Waals surface area (Å²) in [5, 5.41) is 4.70. The van der Waals surface area contributed by atoms with Crippen LogP contribution in [0.25, 0.3) is 10.9 Å². The second-order valence-corrected chi connectivity index (χ2v) is 6.84. The van der Waals surface area contributed by atoms with E-state index in [2.05, 4.69) is 21.3 Å². The van der Waals surface area contributed by atoms with Crippen LogP contribution in [0.15, 0.2) is 54.7 Å². The predicted molar refractivity (Wildman–Crippen MR) is 97.0 cm³/mol. The van der Waals surface area contributed by atoms with Gasteiger partial charge in [-0.25, -0.2) is 0 Å². The largest absolute Gasteiger partial charge is 0.416 e. The number of alkyl halides is 3. The number of H-pyrrole nitrogens is 1. The summed E-state index contributed by atoms with van der Waals surface area (Å²) >= 11 is 0. The molecule has 0 saturated carbocycles. The summed E-state index contributed by atoms with van der Waals surface area (Å²) in [6.07, 6.45) is -1.40. The molecule has 3 aromatic rings. The van der Waals surface area contributed by atoms with Crippen LogP contribution in [0.3, 0.4) is 0 Å². The molecule has 1 saturated heterocycles. The summed E-state index contributed by atoms with van der Waals surface area (Å²) in [7, 11) is 0. The third-order valence-corrected chi connectivity index (χ3v) is 4.86. The molecule has 1 aliphatic rings. The van der Waals surface area contributed by atoms with Crippen LogP contribution in [0.2, 0.25) is 0 Å². The first-order valence-electron chi connectivity index (χ1n) is 8.69. The van der Waals surface area contributed by atoms with Gasteiger partial charge in [0.15, 0.2) is 0 Å². The van der Waals surface area contributed by atoms with Crippen LogP contribution in [0.4, 0.5) is 18.9 Å². The standard InChI is InChI=1S/C20H20F3N3/c21-20(22,23)16-3-1-2-14(10-16)12-26-9-7-18(13-26)25-17-4-5-19-15(11-17)6-8-24-19/h1-6,8,10-11,18,24-25H,7,9,12-13H2/t18-/m1/s1. The van der Waals surface area contributed by atoms with Crippen molar-refractivity contribution < 1.29 is 13.2 Å². The molecule has 0 unspecified atom stereocenters. The first-order chi connectivity index (χ1) is 12.5. The van der Waals surface area contributed by atoms with Crippen molar-refractivity contribution in [3.63, 3.8) is 0 Å². The quantitative estimate of drug-likeness (QED) is 0.696. The number of nitrogens with zero attached hydrogens (tertiary/aromatic N) is 1. The number of likely N-dealkylation sites (tertiary alicyclic amines) is 1. The van der Waals surface area contributed by atoms with E-state index >= 15 is 0 Å². The Bertz CT molecular complexity index is 900. The molecule has 2 aromatic carbocycles. The lowest BCUT2D eigenvalue weighted by atomic mass is 10.1. The Morgan fingerprint density at radius 2 is 2.00 bits per heavy atom. The van der Waals surface area contributed by atoms with E-state index < -0.39 is 11.7 Å². The third-order valence-electron chi connectivity index (χ3n) is 4.86. The van der Waals surface area contributed by atoms with Gasteiger partial charge in [0.1, 0.15) is 0 Å². The smallest absolute Gasteiger partial charge is 0.381 e. The third kappa shape index (κ3) is 3.70. The highest BCUT2D eigenvalue weighted by Crippen LogP contribution is 2.30. The van der Waals surface area contributed by atoms with E-state index in [1.54, 1.807) is 6.07 Å². The molecule has 2 heterocycles. The average molecular weight is 359 g/mol. The molecule has 26 heavy (non-hydrogen) atoms.